The molecule has 2 unspecified atom stereocenters. The van der Waals surface area contributed by atoms with Crippen LogP contribution >= 0.6 is 0 Å². The van der Waals surface area contributed by atoms with Crippen LogP contribution in [0.15, 0.2) is 24.3 Å². The summed E-state index contributed by atoms with van der Waals surface area (Å²) in [5, 5.41) is 0. The van der Waals surface area contributed by atoms with Gasteiger partial charge < -0.3 is 0 Å². The molecule has 4 rings (SSSR count). The van der Waals surface area contributed by atoms with Crippen molar-refractivity contribution in [2.45, 2.75) is 105 Å². The van der Waals surface area contributed by atoms with Crippen molar-refractivity contribution in [3.05, 3.63) is 24.3 Å². The third kappa shape index (κ3) is 3.45. The molecule has 8 atom stereocenters. The Labute approximate surface area is 175 Å². The molecule has 0 aromatic heterocycles. The maximum absolute atomic E-state index is 4.51. The SMILES string of the molecule is C=C(C)CCC(=C)C[C@@H]1CC2C[C@]3(C)CCC[C@]24[C@@H](CC[C@@H](C)[C@@H]4CC3)C1C. The summed E-state index contributed by atoms with van der Waals surface area (Å²) in [6.07, 6.45) is 17.2. The zero-order valence-corrected chi connectivity index (χ0v) is 19.4. The van der Waals surface area contributed by atoms with Crippen molar-refractivity contribution in [1.29, 1.82) is 0 Å². The van der Waals surface area contributed by atoms with Crippen LogP contribution in [0.1, 0.15) is 105 Å². The van der Waals surface area contributed by atoms with Crippen molar-refractivity contribution in [3.63, 3.8) is 0 Å². The molecule has 28 heavy (non-hydrogen) atoms. The molecule has 2 bridgehead atoms. The molecule has 1 spiro atoms. The van der Waals surface area contributed by atoms with Gasteiger partial charge in [-0.05, 0) is 117 Å². The van der Waals surface area contributed by atoms with Gasteiger partial charge in [-0.25, -0.2) is 0 Å². The van der Waals surface area contributed by atoms with E-state index in [-0.39, 0.29) is 0 Å². The summed E-state index contributed by atoms with van der Waals surface area (Å²) < 4.78 is 0. The van der Waals surface area contributed by atoms with E-state index in [1.807, 2.05) is 0 Å². The highest BCUT2D eigenvalue weighted by Crippen LogP contribution is 2.70. The largest absolute Gasteiger partial charge is 0.100 e. The molecule has 0 heterocycles. The summed E-state index contributed by atoms with van der Waals surface area (Å²) in [4.78, 5) is 0. The average Bonchev–Trinajstić information content (AvgIpc) is 2.83. The van der Waals surface area contributed by atoms with Gasteiger partial charge in [0.2, 0.25) is 0 Å². The Morgan fingerprint density at radius 3 is 2.50 bits per heavy atom. The van der Waals surface area contributed by atoms with Gasteiger partial charge in [-0.15, -0.1) is 6.58 Å². The second-order valence-corrected chi connectivity index (χ2v) is 12.3. The molecule has 0 nitrogen and oxygen atoms in total. The first-order valence-electron chi connectivity index (χ1n) is 12.6. The normalized spacial score (nSPS) is 47.7. The van der Waals surface area contributed by atoms with Gasteiger partial charge in [0.1, 0.15) is 0 Å². The Kier molecular flexibility index (Phi) is 5.65. The average molecular weight is 383 g/mol. The summed E-state index contributed by atoms with van der Waals surface area (Å²) in [5.41, 5.74) is 4.14. The fourth-order valence-corrected chi connectivity index (χ4v) is 8.99. The van der Waals surface area contributed by atoms with Gasteiger partial charge in [-0.3, -0.25) is 0 Å². The van der Waals surface area contributed by atoms with E-state index in [1.54, 1.807) is 6.42 Å². The van der Waals surface area contributed by atoms with Crippen molar-refractivity contribution in [2.75, 3.05) is 0 Å². The van der Waals surface area contributed by atoms with Gasteiger partial charge in [-0.2, -0.15) is 0 Å². The molecule has 0 aromatic carbocycles. The highest BCUT2D eigenvalue weighted by Gasteiger charge is 2.62. The molecule has 0 radical (unpaired) electrons. The third-order valence-electron chi connectivity index (χ3n) is 10.4. The standard InChI is InChI=1S/C28H46/c1-19(2)8-9-20(3)16-23-17-24-18-27(6)13-7-14-28(24)25(12-15-27)21(4)10-11-26(28)22(23)5/h21-26H,1,3,7-18H2,2,4-6H3/t21-,22?,23-,24?,25+,26+,27-,28+/m1/s1. The minimum Gasteiger partial charge on any atom is -0.100 e. The van der Waals surface area contributed by atoms with E-state index in [0.717, 1.165) is 48.3 Å². The van der Waals surface area contributed by atoms with Crippen LogP contribution in [0, 0.1) is 46.3 Å². The Bertz CT molecular complexity index is 614. The molecule has 0 aromatic rings. The van der Waals surface area contributed by atoms with Gasteiger partial charge in [0.25, 0.3) is 0 Å². The van der Waals surface area contributed by atoms with Gasteiger partial charge in [0, 0.05) is 0 Å². The van der Waals surface area contributed by atoms with Crippen molar-refractivity contribution in [3.8, 4) is 0 Å². The molecule has 0 N–H and O–H groups in total. The van der Waals surface area contributed by atoms with Gasteiger partial charge in [0.15, 0.2) is 0 Å². The first kappa shape index (κ1) is 20.7. The van der Waals surface area contributed by atoms with Crippen LogP contribution in [0.4, 0.5) is 0 Å². The molecular formula is C28H46. The zero-order chi connectivity index (χ0) is 20.1. The van der Waals surface area contributed by atoms with Crippen LogP contribution in [0.3, 0.4) is 0 Å². The minimum absolute atomic E-state index is 0.637. The topological polar surface area (TPSA) is 0 Å². The van der Waals surface area contributed by atoms with E-state index < -0.39 is 0 Å². The fraction of sp³-hybridized carbons (Fsp3) is 0.857. The Hall–Kier alpha value is -0.520. The van der Waals surface area contributed by atoms with Crippen LogP contribution in [-0.2, 0) is 0 Å². The molecule has 4 saturated carbocycles. The summed E-state index contributed by atoms with van der Waals surface area (Å²) in [6.45, 7) is 18.7. The maximum Gasteiger partial charge on any atom is -0.0207 e. The Morgan fingerprint density at radius 2 is 1.75 bits per heavy atom. The van der Waals surface area contributed by atoms with E-state index in [2.05, 4.69) is 40.9 Å². The molecule has 0 saturated heterocycles. The minimum atomic E-state index is 0.637. The van der Waals surface area contributed by atoms with Crippen LogP contribution in [0.5, 0.6) is 0 Å². The number of hydrogen-bond acceptors (Lipinski definition) is 0. The molecule has 0 aliphatic heterocycles. The maximum atomic E-state index is 4.51. The fourth-order valence-electron chi connectivity index (χ4n) is 8.99. The lowest BCUT2D eigenvalue weighted by atomic mass is 9.42. The third-order valence-corrected chi connectivity index (χ3v) is 10.4. The number of fused-ring (bicyclic) bond motifs is 1. The van der Waals surface area contributed by atoms with Gasteiger partial charge in [0.05, 0.1) is 0 Å². The lowest BCUT2D eigenvalue weighted by molar-refractivity contribution is -0.135. The summed E-state index contributed by atoms with van der Waals surface area (Å²) in [6, 6.07) is 0. The lowest BCUT2D eigenvalue weighted by Gasteiger charge is -2.62. The Morgan fingerprint density at radius 1 is 0.964 bits per heavy atom. The molecule has 4 aliphatic carbocycles. The molecule has 4 aliphatic rings. The Balaban J connectivity index is 1.61. The first-order chi connectivity index (χ1) is 13.2. The van der Waals surface area contributed by atoms with Crippen molar-refractivity contribution in [2.24, 2.45) is 46.3 Å². The second-order valence-electron chi connectivity index (χ2n) is 12.3. The van der Waals surface area contributed by atoms with E-state index in [0.29, 0.717) is 10.8 Å². The number of allylic oxidation sites excluding steroid dienone is 2. The molecule has 0 heteroatoms. The van der Waals surface area contributed by atoms with Crippen molar-refractivity contribution >= 4 is 0 Å². The smallest absolute Gasteiger partial charge is 0.0207 e. The molecule has 158 valence electrons. The quantitative estimate of drug-likeness (QED) is 0.418. The predicted octanol–water partition coefficient (Wildman–Crippen LogP) is 8.58. The van der Waals surface area contributed by atoms with Gasteiger partial charge >= 0.3 is 0 Å². The molecule has 0 amide bonds. The predicted molar refractivity (Wildman–Crippen MR) is 122 cm³/mol. The summed E-state index contributed by atoms with van der Waals surface area (Å²) >= 11 is 0. The van der Waals surface area contributed by atoms with Crippen molar-refractivity contribution < 1.29 is 0 Å². The van der Waals surface area contributed by atoms with Crippen LogP contribution < -0.4 is 0 Å². The zero-order valence-electron chi connectivity index (χ0n) is 19.4. The summed E-state index contributed by atoms with van der Waals surface area (Å²) in [7, 11) is 0. The second kappa shape index (κ2) is 7.63. The van der Waals surface area contributed by atoms with Crippen molar-refractivity contribution in [1.82, 2.24) is 0 Å². The first-order valence-corrected chi connectivity index (χ1v) is 12.6. The van der Waals surface area contributed by atoms with Gasteiger partial charge in [-0.1, -0.05) is 51.3 Å². The lowest BCUT2D eigenvalue weighted by Crippen LogP contribution is -2.55. The van der Waals surface area contributed by atoms with Crippen LogP contribution in [-0.4, -0.2) is 0 Å². The van der Waals surface area contributed by atoms with E-state index in [9.17, 15) is 0 Å². The van der Waals surface area contributed by atoms with E-state index >= 15 is 0 Å². The number of rotatable bonds is 5. The molecular weight excluding hydrogens is 336 g/mol. The van der Waals surface area contributed by atoms with E-state index in [1.165, 1.54) is 68.9 Å². The number of hydrogen-bond donors (Lipinski definition) is 0. The van der Waals surface area contributed by atoms with E-state index in [4.69, 9.17) is 0 Å². The monoisotopic (exact) mass is 382 g/mol. The highest BCUT2D eigenvalue weighted by molar-refractivity contribution is 5.12. The van der Waals surface area contributed by atoms with Crippen LogP contribution in [0.25, 0.3) is 0 Å². The summed E-state index contributed by atoms with van der Waals surface area (Å²) in [5.74, 6) is 5.76. The highest BCUT2D eigenvalue weighted by atomic mass is 14.7. The molecule has 4 fully saturated rings. The van der Waals surface area contributed by atoms with Crippen LogP contribution in [0.2, 0.25) is 0 Å².